The van der Waals surface area contributed by atoms with Crippen LogP contribution in [-0.4, -0.2) is 9.97 Å². The first-order valence-electron chi connectivity index (χ1n) is 7.25. The molecule has 1 aromatic carbocycles. The number of aromatic nitrogens is 2. The van der Waals surface area contributed by atoms with Crippen molar-refractivity contribution in [2.45, 2.75) is 19.9 Å². The second kappa shape index (κ2) is 6.30. The third-order valence-electron chi connectivity index (χ3n) is 3.54. The summed E-state index contributed by atoms with van der Waals surface area (Å²) >= 11 is 0. The molecule has 3 rings (SSSR count). The molecule has 0 saturated carbocycles. The SMILES string of the molecule is CCc1ccc(N=N)c(NCc2ccc3ncccc3c2)n1. The van der Waals surface area contributed by atoms with Crippen molar-refractivity contribution < 1.29 is 0 Å². The first-order valence-corrected chi connectivity index (χ1v) is 7.25. The Morgan fingerprint density at radius 2 is 2.09 bits per heavy atom. The summed E-state index contributed by atoms with van der Waals surface area (Å²) in [4.78, 5) is 8.82. The predicted octanol–water partition coefficient (Wildman–Crippen LogP) is 4.47. The zero-order valence-electron chi connectivity index (χ0n) is 12.4. The van der Waals surface area contributed by atoms with Crippen LogP contribution in [-0.2, 0) is 13.0 Å². The molecule has 0 fully saturated rings. The number of pyridine rings is 2. The van der Waals surface area contributed by atoms with Crippen LogP contribution in [0.2, 0.25) is 0 Å². The van der Waals surface area contributed by atoms with Gasteiger partial charge < -0.3 is 5.32 Å². The molecule has 0 aliphatic carbocycles. The fraction of sp³-hybridized carbons (Fsp3) is 0.176. The molecule has 2 N–H and O–H groups in total. The number of rotatable bonds is 5. The van der Waals surface area contributed by atoms with Crippen LogP contribution in [0, 0.1) is 5.53 Å². The molecule has 5 nitrogen and oxygen atoms in total. The molecular formula is C17H17N5. The van der Waals surface area contributed by atoms with Crippen LogP contribution in [0.4, 0.5) is 11.5 Å². The molecule has 110 valence electrons. The van der Waals surface area contributed by atoms with Gasteiger partial charge in [0, 0.05) is 23.8 Å². The van der Waals surface area contributed by atoms with Crippen LogP contribution in [0.15, 0.2) is 53.8 Å². The van der Waals surface area contributed by atoms with Crippen LogP contribution in [0.5, 0.6) is 0 Å². The van der Waals surface area contributed by atoms with Crippen molar-refractivity contribution in [1.82, 2.24) is 9.97 Å². The lowest BCUT2D eigenvalue weighted by molar-refractivity contribution is 1.00. The molecule has 2 heterocycles. The fourth-order valence-electron chi connectivity index (χ4n) is 2.33. The van der Waals surface area contributed by atoms with E-state index < -0.39 is 0 Å². The predicted molar refractivity (Wildman–Crippen MR) is 87.5 cm³/mol. The Bertz CT molecular complexity index is 813. The van der Waals surface area contributed by atoms with Gasteiger partial charge in [0.05, 0.1) is 5.52 Å². The van der Waals surface area contributed by atoms with E-state index in [0.29, 0.717) is 18.1 Å². The van der Waals surface area contributed by atoms with Crippen molar-refractivity contribution in [1.29, 1.82) is 5.53 Å². The number of aryl methyl sites for hydroxylation is 1. The summed E-state index contributed by atoms with van der Waals surface area (Å²) in [6, 6.07) is 13.9. The number of hydrogen-bond acceptors (Lipinski definition) is 5. The molecular weight excluding hydrogens is 274 g/mol. The molecule has 0 aliphatic heterocycles. The van der Waals surface area contributed by atoms with Gasteiger partial charge in [0.25, 0.3) is 0 Å². The highest BCUT2D eigenvalue weighted by Crippen LogP contribution is 2.24. The Morgan fingerprint density at radius 3 is 2.91 bits per heavy atom. The van der Waals surface area contributed by atoms with Crippen LogP contribution in [0.25, 0.3) is 10.9 Å². The number of nitrogens with one attached hydrogen (secondary N) is 2. The first-order chi connectivity index (χ1) is 10.8. The third kappa shape index (κ3) is 2.93. The summed E-state index contributed by atoms with van der Waals surface area (Å²) < 4.78 is 0. The Labute approximate surface area is 128 Å². The third-order valence-corrected chi connectivity index (χ3v) is 3.54. The largest absolute Gasteiger partial charge is 0.364 e. The number of fused-ring (bicyclic) bond motifs is 1. The smallest absolute Gasteiger partial charge is 0.154 e. The van der Waals surface area contributed by atoms with Gasteiger partial charge in [0.2, 0.25) is 0 Å². The standard InChI is InChI=1S/C17H17N5/c1-2-14-6-8-16(22-18)17(21-14)20-11-12-5-7-15-13(10-12)4-3-9-19-15/h3-10,18H,2,11H2,1H3,(H,20,21). The second-order valence-corrected chi connectivity index (χ2v) is 5.02. The Kier molecular flexibility index (Phi) is 4.05. The van der Waals surface area contributed by atoms with Crippen LogP contribution < -0.4 is 5.32 Å². The van der Waals surface area contributed by atoms with Gasteiger partial charge in [-0.1, -0.05) is 19.1 Å². The molecule has 0 amide bonds. The summed E-state index contributed by atoms with van der Waals surface area (Å²) in [6.45, 7) is 2.69. The fourth-order valence-corrected chi connectivity index (χ4v) is 2.33. The van der Waals surface area contributed by atoms with Gasteiger partial charge in [-0.05, 0) is 42.3 Å². The molecule has 0 atom stereocenters. The molecule has 0 aliphatic rings. The van der Waals surface area contributed by atoms with E-state index in [0.717, 1.165) is 28.6 Å². The normalized spacial score (nSPS) is 10.6. The zero-order valence-corrected chi connectivity index (χ0v) is 12.4. The quantitative estimate of drug-likeness (QED) is 0.681. The Hall–Kier alpha value is -2.82. The summed E-state index contributed by atoms with van der Waals surface area (Å²) in [5.74, 6) is 0.653. The van der Waals surface area contributed by atoms with E-state index >= 15 is 0 Å². The molecule has 2 aromatic heterocycles. The van der Waals surface area contributed by atoms with E-state index in [1.54, 1.807) is 6.20 Å². The van der Waals surface area contributed by atoms with Gasteiger partial charge in [-0.2, -0.15) is 5.11 Å². The highest BCUT2D eigenvalue weighted by Gasteiger charge is 2.05. The minimum atomic E-state index is 0.555. The highest BCUT2D eigenvalue weighted by molar-refractivity contribution is 5.79. The van der Waals surface area contributed by atoms with Gasteiger partial charge in [-0.25, -0.2) is 10.5 Å². The summed E-state index contributed by atoms with van der Waals surface area (Å²) in [5, 5.41) is 7.91. The number of anilines is 1. The maximum Gasteiger partial charge on any atom is 0.154 e. The minimum Gasteiger partial charge on any atom is -0.364 e. The van der Waals surface area contributed by atoms with Gasteiger partial charge in [-0.15, -0.1) is 0 Å². The van der Waals surface area contributed by atoms with E-state index in [4.69, 9.17) is 5.53 Å². The topological polar surface area (TPSA) is 74.0 Å². The highest BCUT2D eigenvalue weighted by atomic mass is 15.1. The average Bonchev–Trinajstić information content (AvgIpc) is 2.59. The van der Waals surface area contributed by atoms with Gasteiger partial charge in [-0.3, -0.25) is 4.98 Å². The van der Waals surface area contributed by atoms with E-state index in [1.807, 2.05) is 36.4 Å². The monoisotopic (exact) mass is 291 g/mol. The van der Waals surface area contributed by atoms with Crippen molar-refractivity contribution in [3.8, 4) is 0 Å². The van der Waals surface area contributed by atoms with Gasteiger partial charge in [0.15, 0.2) is 5.82 Å². The van der Waals surface area contributed by atoms with Crippen molar-refractivity contribution in [2.24, 2.45) is 5.11 Å². The average molecular weight is 291 g/mol. The molecule has 5 heteroatoms. The zero-order chi connectivity index (χ0) is 15.4. The van der Waals surface area contributed by atoms with Crippen molar-refractivity contribution in [2.75, 3.05) is 5.32 Å². The Morgan fingerprint density at radius 1 is 1.18 bits per heavy atom. The lowest BCUT2D eigenvalue weighted by Crippen LogP contribution is -2.03. The maximum absolute atomic E-state index is 7.24. The van der Waals surface area contributed by atoms with Gasteiger partial charge in [0.1, 0.15) is 5.69 Å². The van der Waals surface area contributed by atoms with Crippen LogP contribution >= 0.6 is 0 Å². The Balaban J connectivity index is 1.82. The molecule has 0 saturated heterocycles. The lowest BCUT2D eigenvalue weighted by atomic mass is 10.1. The summed E-state index contributed by atoms with van der Waals surface area (Å²) in [6.07, 6.45) is 2.65. The second-order valence-electron chi connectivity index (χ2n) is 5.02. The molecule has 0 spiro atoms. The molecule has 0 radical (unpaired) electrons. The van der Waals surface area contributed by atoms with Crippen LogP contribution in [0.1, 0.15) is 18.2 Å². The number of nitrogens with zero attached hydrogens (tertiary/aromatic N) is 3. The lowest BCUT2D eigenvalue weighted by Gasteiger charge is -2.10. The molecule has 0 unspecified atom stereocenters. The van der Waals surface area contributed by atoms with E-state index in [9.17, 15) is 0 Å². The number of hydrogen-bond donors (Lipinski definition) is 2. The van der Waals surface area contributed by atoms with E-state index in [1.165, 1.54) is 0 Å². The molecule has 3 aromatic rings. The van der Waals surface area contributed by atoms with Crippen molar-refractivity contribution in [3.05, 3.63) is 59.9 Å². The number of benzene rings is 1. The first kappa shape index (κ1) is 14.1. The molecule has 22 heavy (non-hydrogen) atoms. The minimum absolute atomic E-state index is 0.555. The van der Waals surface area contributed by atoms with Crippen molar-refractivity contribution in [3.63, 3.8) is 0 Å². The summed E-state index contributed by atoms with van der Waals surface area (Å²) in [5.41, 5.74) is 10.9. The van der Waals surface area contributed by atoms with Crippen LogP contribution in [0.3, 0.4) is 0 Å². The van der Waals surface area contributed by atoms with E-state index in [-0.39, 0.29) is 0 Å². The summed E-state index contributed by atoms with van der Waals surface area (Å²) in [7, 11) is 0. The molecule has 0 bridgehead atoms. The maximum atomic E-state index is 7.24. The van der Waals surface area contributed by atoms with Gasteiger partial charge >= 0.3 is 0 Å². The van der Waals surface area contributed by atoms with Crippen molar-refractivity contribution >= 4 is 22.4 Å². The van der Waals surface area contributed by atoms with E-state index in [2.05, 4.69) is 33.4 Å².